The quantitative estimate of drug-likeness (QED) is 0.451. The van der Waals surface area contributed by atoms with Crippen LogP contribution in [-0.2, 0) is 13.7 Å². The summed E-state index contributed by atoms with van der Waals surface area (Å²) in [5.74, 6) is 0. The highest BCUT2D eigenvalue weighted by molar-refractivity contribution is 4.66. The van der Waals surface area contributed by atoms with Crippen molar-refractivity contribution in [3.8, 4) is 0 Å². The largest absolute Gasteiger partial charge is 0.307 e. The van der Waals surface area contributed by atoms with Crippen LogP contribution in [0, 0.1) is 0 Å². The van der Waals surface area contributed by atoms with Gasteiger partial charge in [0, 0.05) is 0 Å². The average Bonchev–Trinajstić information content (AvgIpc) is 2.52. The molecule has 1 aromatic rings. The topological polar surface area (TPSA) is 36.1 Å². The summed E-state index contributed by atoms with van der Waals surface area (Å²) in [5.41, 5.74) is 0. The van der Waals surface area contributed by atoms with Crippen molar-refractivity contribution in [1.29, 1.82) is 0 Å². The maximum atomic E-state index is 3.15. The van der Waals surface area contributed by atoms with Crippen molar-refractivity contribution in [2.45, 2.75) is 6.67 Å². The lowest BCUT2D eigenvalue weighted by atomic mass is 10.7. The highest BCUT2D eigenvalue weighted by atomic mass is 15.3. The molecule has 0 atom stereocenters. The lowest BCUT2D eigenvalue weighted by Gasteiger charge is -2.18. The van der Waals surface area contributed by atoms with Crippen LogP contribution in [0.15, 0.2) is 18.7 Å². The van der Waals surface area contributed by atoms with Crippen LogP contribution in [0.2, 0.25) is 0 Å². The Morgan fingerprint density at radius 2 is 1.93 bits per heavy atom. The fourth-order valence-electron chi connectivity index (χ4n) is 1.42. The summed E-state index contributed by atoms with van der Waals surface area (Å²) in [6.45, 7) is 2.65. The first kappa shape index (κ1) is 11.2. The summed E-state index contributed by atoms with van der Waals surface area (Å²) in [6.07, 6.45) is 6.17. The molecule has 0 spiro atoms. The Bertz CT molecular complexity index is 251. The van der Waals surface area contributed by atoms with Gasteiger partial charge in [-0.1, -0.05) is 0 Å². The maximum absolute atomic E-state index is 3.15. The molecule has 0 aliphatic carbocycles. The standard InChI is InChI=1S/C9H20N5/c1-10-6-14(7-11-2)9-13-5-4-12(3)8-13/h4-5,8,10-11H,6-7,9H2,1-3H3/q+1. The van der Waals surface area contributed by atoms with Crippen LogP contribution in [-0.4, -0.2) is 36.9 Å². The molecule has 0 fully saturated rings. The molecule has 5 heteroatoms. The molecule has 1 heterocycles. The third kappa shape index (κ3) is 3.45. The summed E-state index contributed by atoms with van der Waals surface area (Å²) in [7, 11) is 5.94. The van der Waals surface area contributed by atoms with Gasteiger partial charge in [-0.25, -0.2) is 14.0 Å². The Balaban J connectivity index is 2.46. The van der Waals surface area contributed by atoms with Crippen LogP contribution in [0.3, 0.4) is 0 Å². The molecule has 0 aliphatic heterocycles. The fourth-order valence-corrected chi connectivity index (χ4v) is 1.42. The van der Waals surface area contributed by atoms with E-state index in [0.717, 1.165) is 20.0 Å². The van der Waals surface area contributed by atoms with E-state index >= 15 is 0 Å². The number of hydrogen-bond donors (Lipinski definition) is 2. The van der Waals surface area contributed by atoms with Gasteiger partial charge in [-0.3, -0.25) is 0 Å². The van der Waals surface area contributed by atoms with E-state index in [1.807, 2.05) is 31.9 Å². The molecule has 1 aromatic heterocycles. The summed E-state index contributed by atoms with van der Waals surface area (Å²) in [4.78, 5) is 2.26. The van der Waals surface area contributed by atoms with E-state index in [0.29, 0.717) is 0 Å². The molecule has 80 valence electrons. The smallest absolute Gasteiger partial charge is 0.244 e. The van der Waals surface area contributed by atoms with E-state index in [9.17, 15) is 0 Å². The van der Waals surface area contributed by atoms with Gasteiger partial charge in [-0.15, -0.1) is 0 Å². The molecule has 0 aliphatic rings. The third-order valence-corrected chi connectivity index (χ3v) is 1.95. The van der Waals surface area contributed by atoms with Gasteiger partial charge in [0.2, 0.25) is 6.33 Å². The molecule has 0 bridgehead atoms. The summed E-state index contributed by atoms with van der Waals surface area (Å²) in [5, 5.41) is 6.29. The van der Waals surface area contributed by atoms with Crippen LogP contribution in [0.25, 0.3) is 0 Å². The average molecular weight is 198 g/mol. The van der Waals surface area contributed by atoms with Gasteiger partial charge in [0.25, 0.3) is 0 Å². The van der Waals surface area contributed by atoms with Gasteiger partial charge >= 0.3 is 0 Å². The monoisotopic (exact) mass is 198 g/mol. The molecule has 5 nitrogen and oxygen atoms in total. The van der Waals surface area contributed by atoms with Crippen molar-refractivity contribution in [2.75, 3.05) is 27.4 Å². The Morgan fingerprint density at radius 1 is 1.29 bits per heavy atom. The van der Waals surface area contributed by atoms with Gasteiger partial charge in [0.1, 0.15) is 19.1 Å². The number of rotatable bonds is 6. The van der Waals surface area contributed by atoms with Gasteiger partial charge in [-0.05, 0) is 14.1 Å². The van der Waals surface area contributed by atoms with E-state index in [2.05, 4.69) is 32.6 Å². The molecule has 1 rings (SSSR count). The normalized spacial score (nSPS) is 11.1. The molecule has 0 saturated carbocycles. The van der Waals surface area contributed by atoms with Crippen molar-refractivity contribution < 1.29 is 4.57 Å². The molecule has 14 heavy (non-hydrogen) atoms. The first-order chi connectivity index (χ1) is 6.76. The van der Waals surface area contributed by atoms with E-state index < -0.39 is 0 Å². The molecular weight excluding hydrogens is 178 g/mol. The van der Waals surface area contributed by atoms with Gasteiger partial charge in [0.05, 0.1) is 20.4 Å². The van der Waals surface area contributed by atoms with Crippen molar-refractivity contribution in [1.82, 2.24) is 20.1 Å². The second kappa shape index (κ2) is 5.74. The zero-order valence-corrected chi connectivity index (χ0v) is 9.20. The highest BCUT2D eigenvalue weighted by Gasteiger charge is 2.06. The van der Waals surface area contributed by atoms with Gasteiger partial charge in [-0.2, -0.15) is 0 Å². The van der Waals surface area contributed by atoms with Crippen molar-refractivity contribution in [3.05, 3.63) is 18.7 Å². The van der Waals surface area contributed by atoms with E-state index in [1.165, 1.54) is 0 Å². The molecule has 0 amide bonds. The van der Waals surface area contributed by atoms with E-state index in [4.69, 9.17) is 0 Å². The molecular formula is C9H20N5+. The van der Waals surface area contributed by atoms with Crippen LogP contribution < -0.4 is 15.2 Å². The summed E-state index contributed by atoms with van der Waals surface area (Å²) < 4.78 is 4.19. The first-order valence-corrected chi connectivity index (χ1v) is 4.79. The SMILES string of the molecule is CNCN(CNC)Cn1cc[n+](C)c1. The molecule has 0 radical (unpaired) electrons. The number of aryl methyl sites for hydroxylation is 1. The minimum Gasteiger partial charge on any atom is -0.307 e. The summed E-state index contributed by atoms with van der Waals surface area (Å²) in [6, 6.07) is 0. The Kier molecular flexibility index (Phi) is 4.58. The minimum absolute atomic E-state index is 0.878. The van der Waals surface area contributed by atoms with E-state index in [1.54, 1.807) is 0 Å². The lowest BCUT2D eigenvalue weighted by Crippen LogP contribution is -2.39. The number of nitrogens with one attached hydrogen (secondary N) is 2. The molecule has 0 aromatic carbocycles. The maximum Gasteiger partial charge on any atom is 0.244 e. The van der Waals surface area contributed by atoms with Crippen LogP contribution in [0.1, 0.15) is 0 Å². The predicted molar refractivity (Wildman–Crippen MR) is 55.3 cm³/mol. The highest BCUT2D eigenvalue weighted by Crippen LogP contribution is 1.90. The Morgan fingerprint density at radius 3 is 2.36 bits per heavy atom. The lowest BCUT2D eigenvalue weighted by molar-refractivity contribution is -0.671. The van der Waals surface area contributed by atoms with Crippen molar-refractivity contribution in [3.63, 3.8) is 0 Å². The molecule has 0 unspecified atom stereocenters. The Labute approximate surface area is 85.3 Å². The zero-order chi connectivity index (χ0) is 10.4. The predicted octanol–water partition coefficient (Wildman–Crippen LogP) is -1.07. The number of imidazole rings is 1. The molecule has 2 N–H and O–H groups in total. The van der Waals surface area contributed by atoms with E-state index in [-0.39, 0.29) is 0 Å². The first-order valence-electron chi connectivity index (χ1n) is 4.79. The van der Waals surface area contributed by atoms with Crippen molar-refractivity contribution >= 4 is 0 Å². The fraction of sp³-hybridized carbons (Fsp3) is 0.667. The van der Waals surface area contributed by atoms with Gasteiger partial charge in [0.15, 0.2) is 0 Å². The minimum atomic E-state index is 0.878. The van der Waals surface area contributed by atoms with Crippen LogP contribution in [0.5, 0.6) is 0 Å². The van der Waals surface area contributed by atoms with Crippen LogP contribution >= 0.6 is 0 Å². The zero-order valence-electron chi connectivity index (χ0n) is 9.20. The number of nitrogens with zero attached hydrogens (tertiary/aromatic N) is 3. The Hall–Kier alpha value is -0.910. The third-order valence-electron chi connectivity index (χ3n) is 1.95. The second-order valence-electron chi connectivity index (χ2n) is 3.43. The summed E-state index contributed by atoms with van der Waals surface area (Å²) >= 11 is 0. The van der Waals surface area contributed by atoms with Gasteiger partial charge < -0.3 is 10.6 Å². The number of aromatic nitrogens is 2. The molecule has 0 saturated heterocycles. The second-order valence-corrected chi connectivity index (χ2v) is 3.43. The number of hydrogen-bond acceptors (Lipinski definition) is 3. The van der Waals surface area contributed by atoms with Crippen molar-refractivity contribution in [2.24, 2.45) is 7.05 Å². The van der Waals surface area contributed by atoms with Crippen LogP contribution in [0.4, 0.5) is 0 Å².